The molecule has 5 nitrogen and oxygen atoms in total. The molecule has 18 heavy (non-hydrogen) atoms. The van der Waals surface area contributed by atoms with Gasteiger partial charge in [0.1, 0.15) is 0 Å². The molecule has 5 heteroatoms. The predicted molar refractivity (Wildman–Crippen MR) is 70.6 cm³/mol. The van der Waals surface area contributed by atoms with Crippen LogP contribution < -0.4 is 16.8 Å². The summed E-state index contributed by atoms with van der Waals surface area (Å²) in [4.78, 5) is 22.8. The van der Waals surface area contributed by atoms with Crippen molar-refractivity contribution < 1.29 is 9.59 Å². The minimum atomic E-state index is -0.582. The maximum atomic E-state index is 11.9. The van der Waals surface area contributed by atoms with E-state index in [9.17, 15) is 9.59 Å². The van der Waals surface area contributed by atoms with Crippen molar-refractivity contribution in [1.82, 2.24) is 5.32 Å². The van der Waals surface area contributed by atoms with Crippen LogP contribution >= 0.6 is 0 Å². The molecule has 0 aliphatic heterocycles. The van der Waals surface area contributed by atoms with E-state index in [-0.39, 0.29) is 24.3 Å². The molecule has 1 saturated carbocycles. The van der Waals surface area contributed by atoms with Gasteiger partial charge >= 0.3 is 0 Å². The fourth-order valence-electron chi connectivity index (χ4n) is 2.64. The summed E-state index contributed by atoms with van der Waals surface area (Å²) in [5, 5.41) is 2.86. The highest BCUT2D eigenvalue weighted by molar-refractivity contribution is 5.79. The van der Waals surface area contributed by atoms with Gasteiger partial charge in [0.15, 0.2) is 0 Å². The zero-order valence-electron chi connectivity index (χ0n) is 11.4. The minimum absolute atomic E-state index is 0.0383. The second-order valence-electron chi connectivity index (χ2n) is 5.99. The van der Waals surface area contributed by atoms with Gasteiger partial charge in [0.2, 0.25) is 11.8 Å². The Kier molecular flexibility index (Phi) is 5.14. The lowest BCUT2D eigenvalue weighted by Gasteiger charge is -2.30. The van der Waals surface area contributed by atoms with Crippen LogP contribution in [0.1, 0.15) is 52.4 Å². The molecule has 2 unspecified atom stereocenters. The molecule has 0 bridgehead atoms. The molecule has 1 aliphatic rings. The number of carbonyl (C=O) groups excluding carboxylic acids is 2. The van der Waals surface area contributed by atoms with Gasteiger partial charge < -0.3 is 16.8 Å². The molecule has 2 atom stereocenters. The van der Waals surface area contributed by atoms with Crippen molar-refractivity contribution in [1.29, 1.82) is 0 Å². The monoisotopic (exact) mass is 255 g/mol. The van der Waals surface area contributed by atoms with E-state index in [1.165, 1.54) is 0 Å². The summed E-state index contributed by atoms with van der Waals surface area (Å²) in [6.07, 6.45) is 4.93. The summed E-state index contributed by atoms with van der Waals surface area (Å²) in [5.74, 6) is -0.179. The molecule has 0 aromatic rings. The summed E-state index contributed by atoms with van der Waals surface area (Å²) >= 11 is 0. The van der Waals surface area contributed by atoms with Crippen LogP contribution in [0.3, 0.4) is 0 Å². The summed E-state index contributed by atoms with van der Waals surface area (Å²) < 4.78 is 0. The third-order valence-electron chi connectivity index (χ3n) is 3.51. The average Bonchev–Trinajstić information content (AvgIpc) is 2.18. The third-order valence-corrected chi connectivity index (χ3v) is 3.51. The van der Waals surface area contributed by atoms with Crippen LogP contribution in [0.25, 0.3) is 0 Å². The standard InChI is InChI=1S/C13H25N3O2/c1-13(2,8-11(15)17)16-12(18)7-9-5-3-4-6-10(9)14/h9-10H,3-8,14H2,1-2H3,(H2,15,17)(H,16,18). The highest BCUT2D eigenvalue weighted by Crippen LogP contribution is 2.25. The number of amides is 2. The third kappa shape index (κ3) is 5.04. The fraction of sp³-hybridized carbons (Fsp3) is 0.846. The van der Waals surface area contributed by atoms with Gasteiger partial charge in [0.05, 0.1) is 0 Å². The predicted octanol–water partition coefficient (Wildman–Crippen LogP) is 0.664. The van der Waals surface area contributed by atoms with Gasteiger partial charge in [-0.15, -0.1) is 0 Å². The Balaban J connectivity index is 2.43. The Bertz CT molecular complexity index is 315. The summed E-state index contributed by atoms with van der Waals surface area (Å²) in [7, 11) is 0. The first-order valence-corrected chi connectivity index (χ1v) is 6.65. The lowest BCUT2D eigenvalue weighted by molar-refractivity contribution is -0.125. The Morgan fingerprint density at radius 2 is 1.89 bits per heavy atom. The first-order valence-electron chi connectivity index (χ1n) is 6.65. The Labute approximate surface area is 109 Å². The van der Waals surface area contributed by atoms with E-state index in [1.54, 1.807) is 13.8 Å². The van der Waals surface area contributed by atoms with E-state index in [0.29, 0.717) is 6.42 Å². The van der Waals surface area contributed by atoms with Crippen molar-refractivity contribution in [2.45, 2.75) is 64.0 Å². The van der Waals surface area contributed by atoms with Crippen LogP contribution in [-0.4, -0.2) is 23.4 Å². The molecule has 0 saturated heterocycles. The van der Waals surface area contributed by atoms with Crippen LogP contribution in [0.15, 0.2) is 0 Å². The highest BCUT2D eigenvalue weighted by Gasteiger charge is 2.27. The molecule has 0 aromatic carbocycles. The molecule has 5 N–H and O–H groups in total. The maximum Gasteiger partial charge on any atom is 0.220 e. The van der Waals surface area contributed by atoms with Crippen LogP contribution in [-0.2, 0) is 9.59 Å². The van der Waals surface area contributed by atoms with Crippen molar-refractivity contribution in [3.63, 3.8) is 0 Å². The second kappa shape index (κ2) is 6.18. The van der Waals surface area contributed by atoms with Crippen molar-refractivity contribution in [2.24, 2.45) is 17.4 Å². The molecule has 1 aliphatic carbocycles. The second-order valence-corrected chi connectivity index (χ2v) is 5.99. The van der Waals surface area contributed by atoms with Crippen LogP contribution in [0, 0.1) is 5.92 Å². The molecule has 1 fully saturated rings. The first kappa shape index (κ1) is 15.0. The van der Waals surface area contributed by atoms with E-state index in [1.807, 2.05) is 0 Å². The van der Waals surface area contributed by atoms with Gasteiger partial charge in [-0.3, -0.25) is 9.59 Å². The van der Waals surface area contributed by atoms with E-state index in [4.69, 9.17) is 11.5 Å². The molecule has 2 amide bonds. The summed E-state index contributed by atoms with van der Waals surface area (Å²) in [6, 6.07) is 0.128. The Morgan fingerprint density at radius 3 is 2.44 bits per heavy atom. The first-order chi connectivity index (χ1) is 8.30. The van der Waals surface area contributed by atoms with E-state index >= 15 is 0 Å². The van der Waals surface area contributed by atoms with E-state index in [2.05, 4.69) is 5.32 Å². The van der Waals surface area contributed by atoms with Crippen molar-refractivity contribution in [2.75, 3.05) is 0 Å². The van der Waals surface area contributed by atoms with Gasteiger partial charge in [-0.25, -0.2) is 0 Å². The molecule has 0 radical (unpaired) electrons. The van der Waals surface area contributed by atoms with Crippen LogP contribution in [0.2, 0.25) is 0 Å². The van der Waals surface area contributed by atoms with Gasteiger partial charge in [-0.1, -0.05) is 12.8 Å². The Hall–Kier alpha value is -1.10. The number of hydrogen-bond acceptors (Lipinski definition) is 3. The summed E-state index contributed by atoms with van der Waals surface area (Å²) in [6.45, 7) is 3.60. The smallest absolute Gasteiger partial charge is 0.220 e. The zero-order chi connectivity index (χ0) is 13.8. The SMILES string of the molecule is CC(C)(CC(N)=O)NC(=O)CC1CCCCC1N. The number of nitrogens with two attached hydrogens (primary N) is 2. The molecular formula is C13H25N3O2. The quantitative estimate of drug-likeness (QED) is 0.673. The van der Waals surface area contributed by atoms with E-state index < -0.39 is 11.4 Å². The van der Waals surface area contributed by atoms with Gasteiger partial charge in [-0.05, 0) is 32.6 Å². The average molecular weight is 255 g/mol. The summed E-state index contributed by atoms with van der Waals surface area (Å²) in [5.41, 5.74) is 10.6. The van der Waals surface area contributed by atoms with E-state index in [0.717, 1.165) is 25.7 Å². The number of carbonyl (C=O) groups is 2. The molecule has 0 spiro atoms. The lowest BCUT2D eigenvalue weighted by Crippen LogP contribution is -2.47. The molecular weight excluding hydrogens is 230 g/mol. The molecule has 104 valence electrons. The van der Waals surface area contributed by atoms with Gasteiger partial charge in [-0.2, -0.15) is 0 Å². The lowest BCUT2D eigenvalue weighted by atomic mass is 9.82. The zero-order valence-corrected chi connectivity index (χ0v) is 11.4. The minimum Gasteiger partial charge on any atom is -0.370 e. The van der Waals surface area contributed by atoms with Gasteiger partial charge in [0, 0.05) is 24.4 Å². The van der Waals surface area contributed by atoms with Crippen LogP contribution in [0.4, 0.5) is 0 Å². The molecule has 1 rings (SSSR count). The van der Waals surface area contributed by atoms with Gasteiger partial charge in [0.25, 0.3) is 0 Å². The van der Waals surface area contributed by atoms with Crippen molar-refractivity contribution >= 4 is 11.8 Å². The van der Waals surface area contributed by atoms with Crippen LogP contribution in [0.5, 0.6) is 0 Å². The topological polar surface area (TPSA) is 98.2 Å². The number of rotatable bonds is 5. The highest BCUT2D eigenvalue weighted by atomic mass is 16.2. The maximum absolute atomic E-state index is 11.9. The number of hydrogen-bond donors (Lipinski definition) is 3. The van der Waals surface area contributed by atoms with Crippen molar-refractivity contribution in [3.05, 3.63) is 0 Å². The molecule has 0 aromatic heterocycles. The largest absolute Gasteiger partial charge is 0.370 e. The molecule has 0 heterocycles. The van der Waals surface area contributed by atoms with Crippen molar-refractivity contribution in [3.8, 4) is 0 Å². The normalized spacial score (nSPS) is 24.6. The Morgan fingerprint density at radius 1 is 1.28 bits per heavy atom. The number of primary amides is 1. The fourth-order valence-corrected chi connectivity index (χ4v) is 2.64. The number of nitrogens with one attached hydrogen (secondary N) is 1.